The minimum absolute atomic E-state index is 0.0364. The zero-order valence-corrected chi connectivity index (χ0v) is 11.9. The van der Waals surface area contributed by atoms with Crippen molar-refractivity contribution in [1.82, 2.24) is 0 Å². The van der Waals surface area contributed by atoms with Gasteiger partial charge in [0.1, 0.15) is 5.69 Å². The highest BCUT2D eigenvalue weighted by Gasteiger charge is 2.18. The lowest BCUT2D eigenvalue weighted by Gasteiger charge is -2.16. The first kappa shape index (κ1) is 14.7. The van der Waals surface area contributed by atoms with Crippen molar-refractivity contribution < 1.29 is 14.8 Å². The summed E-state index contributed by atoms with van der Waals surface area (Å²) in [6.45, 7) is 1.83. The molecule has 1 rings (SSSR count). The fourth-order valence-corrected chi connectivity index (χ4v) is 1.98. The van der Waals surface area contributed by atoms with Gasteiger partial charge in [-0.1, -0.05) is 6.92 Å². The van der Waals surface area contributed by atoms with Gasteiger partial charge in [-0.2, -0.15) is 0 Å². The van der Waals surface area contributed by atoms with Crippen molar-refractivity contribution in [2.45, 2.75) is 25.8 Å². The maximum Gasteiger partial charge on any atom is 0.305 e. The number of anilines is 1. The zero-order valence-electron chi connectivity index (χ0n) is 9.72. The molecule has 1 aromatic rings. The molecule has 0 fully saturated rings. The van der Waals surface area contributed by atoms with Gasteiger partial charge in [-0.25, -0.2) is 0 Å². The van der Waals surface area contributed by atoms with Crippen LogP contribution in [0.5, 0.6) is 0 Å². The number of nitro benzene ring substituents is 1. The molecule has 18 heavy (non-hydrogen) atoms. The van der Waals surface area contributed by atoms with E-state index in [1.165, 1.54) is 6.07 Å². The molecule has 0 bridgehead atoms. The lowest BCUT2D eigenvalue weighted by molar-refractivity contribution is -0.384. The van der Waals surface area contributed by atoms with Crippen molar-refractivity contribution >= 4 is 39.9 Å². The predicted octanol–water partition coefficient (Wildman–Crippen LogP) is 2.86. The van der Waals surface area contributed by atoms with Gasteiger partial charge in [0.15, 0.2) is 0 Å². The van der Waals surface area contributed by atoms with E-state index in [1.807, 2.05) is 29.5 Å². The Bertz CT molecular complexity index is 464. The summed E-state index contributed by atoms with van der Waals surface area (Å²) < 4.78 is 0.760. The molecule has 7 heteroatoms. The van der Waals surface area contributed by atoms with Crippen LogP contribution in [0.3, 0.4) is 0 Å². The summed E-state index contributed by atoms with van der Waals surface area (Å²) in [5.41, 5.74) is 0.319. The van der Waals surface area contributed by atoms with E-state index in [1.54, 1.807) is 12.1 Å². The van der Waals surface area contributed by atoms with Crippen LogP contribution in [0.2, 0.25) is 0 Å². The van der Waals surface area contributed by atoms with Crippen molar-refractivity contribution in [3.8, 4) is 0 Å². The number of hydrogen-bond donors (Lipinski definition) is 2. The van der Waals surface area contributed by atoms with Crippen molar-refractivity contribution in [2.24, 2.45) is 0 Å². The van der Waals surface area contributed by atoms with Crippen LogP contribution in [0.1, 0.15) is 19.8 Å². The van der Waals surface area contributed by atoms with Gasteiger partial charge in [-0.15, -0.1) is 0 Å². The van der Waals surface area contributed by atoms with Gasteiger partial charge in [0.2, 0.25) is 0 Å². The van der Waals surface area contributed by atoms with Gasteiger partial charge in [-0.05, 0) is 41.1 Å². The van der Waals surface area contributed by atoms with Crippen LogP contribution in [0.15, 0.2) is 18.2 Å². The number of carboxylic acids is 1. The quantitative estimate of drug-likeness (QED) is 0.460. The molecule has 0 radical (unpaired) electrons. The number of nitrogens with zero attached hydrogens (tertiary/aromatic N) is 1. The fraction of sp³-hybridized carbons (Fsp3) is 0.364. The molecule has 6 nitrogen and oxygen atoms in total. The Morgan fingerprint density at radius 3 is 2.78 bits per heavy atom. The average molecular weight is 364 g/mol. The molecule has 0 spiro atoms. The fourth-order valence-electron chi connectivity index (χ4n) is 1.51. The van der Waals surface area contributed by atoms with E-state index in [-0.39, 0.29) is 18.2 Å². The number of aliphatic carboxylic acids is 1. The maximum absolute atomic E-state index is 10.9. The number of benzene rings is 1. The average Bonchev–Trinajstić information content (AvgIpc) is 2.29. The highest BCUT2D eigenvalue weighted by Crippen LogP contribution is 2.27. The molecular weight excluding hydrogens is 351 g/mol. The lowest BCUT2D eigenvalue weighted by atomic mass is 10.1. The largest absolute Gasteiger partial charge is 0.481 e. The number of carboxylic acid groups (broad SMARTS) is 1. The molecule has 0 amide bonds. The molecule has 1 atom stereocenters. The molecule has 0 aliphatic rings. The Balaban J connectivity index is 2.95. The maximum atomic E-state index is 10.9. The molecule has 0 heterocycles. The second kappa shape index (κ2) is 6.53. The molecule has 0 aromatic heterocycles. The van der Waals surface area contributed by atoms with Gasteiger partial charge in [0, 0.05) is 15.7 Å². The van der Waals surface area contributed by atoms with E-state index in [0.29, 0.717) is 12.1 Å². The van der Waals surface area contributed by atoms with Crippen molar-refractivity contribution in [3.63, 3.8) is 0 Å². The normalized spacial score (nSPS) is 11.9. The minimum Gasteiger partial charge on any atom is -0.481 e. The number of nitrogens with one attached hydrogen (secondary N) is 1. The standard InChI is InChI=1S/C11H13IN2O4/c1-2-8(6-11(15)16)13-9-4-3-7(12)5-10(9)14(17)18/h3-5,8,13H,2,6H2,1H3,(H,15,16). The van der Waals surface area contributed by atoms with Crippen LogP contribution in [0.25, 0.3) is 0 Å². The van der Waals surface area contributed by atoms with Gasteiger partial charge in [0.25, 0.3) is 5.69 Å². The Labute approximate surface area is 118 Å². The van der Waals surface area contributed by atoms with Crippen molar-refractivity contribution in [2.75, 3.05) is 5.32 Å². The number of rotatable bonds is 6. The molecule has 0 saturated carbocycles. The highest BCUT2D eigenvalue weighted by molar-refractivity contribution is 14.1. The first-order valence-corrected chi connectivity index (χ1v) is 6.44. The molecular formula is C11H13IN2O4. The molecule has 0 saturated heterocycles. The second-order valence-electron chi connectivity index (χ2n) is 3.77. The highest BCUT2D eigenvalue weighted by atomic mass is 127. The van der Waals surface area contributed by atoms with E-state index in [0.717, 1.165) is 3.57 Å². The topological polar surface area (TPSA) is 92.5 Å². The third-order valence-electron chi connectivity index (χ3n) is 2.43. The van der Waals surface area contributed by atoms with E-state index >= 15 is 0 Å². The van der Waals surface area contributed by atoms with E-state index in [4.69, 9.17) is 5.11 Å². The summed E-state index contributed by atoms with van der Waals surface area (Å²) in [6, 6.07) is 4.48. The Morgan fingerprint density at radius 2 is 2.28 bits per heavy atom. The Hall–Kier alpha value is -1.38. The monoisotopic (exact) mass is 364 g/mol. The van der Waals surface area contributed by atoms with Crippen LogP contribution in [0, 0.1) is 13.7 Å². The predicted molar refractivity (Wildman–Crippen MR) is 75.8 cm³/mol. The molecule has 0 aliphatic heterocycles. The van der Waals surface area contributed by atoms with E-state index in [9.17, 15) is 14.9 Å². The van der Waals surface area contributed by atoms with Crippen LogP contribution in [-0.4, -0.2) is 22.0 Å². The van der Waals surface area contributed by atoms with Crippen LogP contribution < -0.4 is 5.32 Å². The summed E-state index contributed by atoms with van der Waals surface area (Å²) in [6.07, 6.45) is 0.509. The number of nitro groups is 1. The van der Waals surface area contributed by atoms with Gasteiger partial charge >= 0.3 is 5.97 Å². The zero-order chi connectivity index (χ0) is 13.7. The first-order chi connectivity index (χ1) is 8.43. The summed E-state index contributed by atoms with van der Waals surface area (Å²) in [7, 11) is 0. The van der Waals surface area contributed by atoms with Crippen LogP contribution in [-0.2, 0) is 4.79 Å². The summed E-state index contributed by atoms with van der Waals surface area (Å²) in [5, 5.41) is 22.6. The molecule has 1 aromatic carbocycles. The number of halogens is 1. The molecule has 98 valence electrons. The summed E-state index contributed by atoms with van der Waals surface area (Å²) in [5.74, 6) is -0.928. The van der Waals surface area contributed by atoms with E-state index < -0.39 is 10.9 Å². The van der Waals surface area contributed by atoms with Crippen LogP contribution in [0.4, 0.5) is 11.4 Å². The van der Waals surface area contributed by atoms with E-state index in [2.05, 4.69) is 5.32 Å². The second-order valence-corrected chi connectivity index (χ2v) is 5.01. The van der Waals surface area contributed by atoms with Crippen molar-refractivity contribution in [3.05, 3.63) is 31.9 Å². The minimum atomic E-state index is -0.928. The third kappa shape index (κ3) is 4.13. The van der Waals surface area contributed by atoms with Crippen LogP contribution >= 0.6 is 22.6 Å². The summed E-state index contributed by atoms with van der Waals surface area (Å²) in [4.78, 5) is 21.1. The third-order valence-corrected chi connectivity index (χ3v) is 3.10. The molecule has 2 N–H and O–H groups in total. The lowest BCUT2D eigenvalue weighted by Crippen LogP contribution is -2.22. The molecule has 0 aliphatic carbocycles. The molecule has 1 unspecified atom stereocenters. The van der Waals surface area contributed by atoms with Crippen molar-refractivity contribution in [1.29, 1.82) is 0 Å². The Morgan fingerprint density at radius 1 is 1.61 bits per heavy atom. The smallest absolute Gasteiger partial charge is 0.305 e. The summed E-state index contributed by atoms with van der Waals surface area (Å²) >= 11 is 1.99. The SMILES string of the molecule is CCC(CC(=O)O)Nc1ccc(I)cc1[N+](=O)[O-]. The van der Waals surface area contributed by atoms with Gasteiger partial charge in [0.05, 0.1) is 11.3 Å². The Kier molecular flexibility index (Phi) is 5.32. The van der Waals surface area contributed by atoms with Gasteiger partial charge in [-0.3, -0.25) is 14.9 Å². The van der Waals surface area contributed by atoms with Gasteiger partial charge < -0.3 is 10.4 Å². The number of hydrogen-bond acceptors (Lipinski definition) is 4. The first-order valence-electron chi connectivity index (χ1n) is 5.36. The number of carbonyl (C=O) groups is 1.